The first-order valence-corrected chi connectivity index (χ1v) is 11.1. The standard InChI is InChI=1S/C25H32FN3O3/c1-25(2,3)32-24(31)29-15-13-18(14-16-29)17-22(19-7-5-4-6-8-19)28-23(30)27-21-11-9-20(26)10-12-21/h4-12,18,22H,13-17H2,1-3H3,(H2,27,28,30). The number of nitrogens with one attached hydrogen (secondary N) is 2. The number of ether oxygens (including phenoxy) is 1. The number of anilines is 1. The Hall–Kier alpha value is -3.09. The van der Waals surface area contributed by atoms with Gasteiger partial charge in [0.25, 0.3) is 0 Å². The van der Waals surface area contributed by atoms with Crippen LogP contribution in [0.5, 0.6) is 0 Å². The average Bonchev–Trinajstić information content (AvgIpc) is 2.75. The predicted molar refractivity (Wildman–Crippen MR) is 123 cm³/mol. The van der Waals surface area contributed by atoms with E-state index < -0.39 is 5.60 Å². The van der Waals surface area contributed by atoms with Crippen LogP contribution in [-0.4, -0.2) is 35.7 Å². The number of carbonyl (C=O) groups excluding carboxylic acids is 2. The lowest BCUT2D eigenvalue weighted by atomic mass is 9.88. The molecular weight excluding hydrogens is 409 g/mol. The predicted octanol–water partition coefficient (Wildman–Crippen LogP) is 5.73. The van der Waals surface area contributed by atoms with Gasteiger partial charge in [0.1, 0.15) is 11.4 Å². The molecule has 3 amide bonds. The number of likely N-dealkylation sites (tertiary alicyclic amines) is 1. The molecule has 0 saturated carbocycles. The number of hydrogen-bond acceptors (Lipinski definition) is 3. The van der Waals surface area contributed by atoms with Crippen molar-refractivity contribution in [3.05, 3.63) is 66.0 Å². The molecule has 7 heteroatoms. The minimum Gasteiger partial charge on any atom is -0.444 e. The van der Waals surface area contributed by atoms with Gasteiger partial charge in [0.2, 0.25) is 0 Å². The Morgan fingerprint density at radius 1 is 1.06 bits per heavy atom. The van der Waals surface area contributed by atoms with E-state index in [-0.39, 0.29) is 24.0 Å². The minimum atomic E-state index is -0.506. The Kier molecular flexibility index (Phi) is 7.72. The first-order chi connectivity index (χ1) is 15.2. The van der Waals surface area contributed by atoms with E-state index in [1.54, 1.807) is 4.90 Å². The third kappa shape index (κ3) is 7.25. The van der Waals surface area contributed by atoms with Crippen molar-refractivity contribution < 1.29 is 18.7 Å². The fourth-order valence-electron chi connectivity index (χ4n) is 3.83. The van der Waals surface area contributed by atoms with Crippen LogP contribution in [0.4, 0.5) is 19.7 Å². The molecule has 0 aliphatic carbocycles. The first kappa shape index (κ1) is 23.6. The zero-order valence-corrected chi connectivity index (χ0v) is 18.9. The molecule has 0 radical (unpaired) electrons. The molecule has 1 fully saturated rings. The van der Waals surface area contributed by atoms with Crippen molar-refractivity contribution in [2.24, 2.45) is 5.92 Å². The van der Waals surface area contributed by atoms with Crippen LogP contribution in [0, 0.1) is 11.7 Å². The number of benzene rings is 2. The molecule has 2 aromatic rings. The van der Waals surface area contributed by atoms with E-state index in [9.17, 15) is 14.0 Å². The molecule has 1 aliphatic heterocycles. The Bertz CT molecular complexity index is 889. The van der Waals surface area contributed by atoms with Crippen molar-refractivity contribution >= 4 is 17.8 Å². The molecule has 1 unspecified atom stereocenters. The maximum absolute atomic E-state index is 13.1. The number of nitrogens with zero attached hydrogens (tertiary/aromatic N) is 1. The van der Waals surface area contributed by atoms with Gasteiger partial charge in [0.15, 0.2) is 0 Å². The van der Waals surface area contributed by atoms with Gasteiger partial charge in [0, 0.05) is 18.8 Å². The van der Waals surface area contributed by atoms with Crippen molar-refractivity contribution in [3.63, 3.8) is 0 Å². The molecule has 0 bridgehead atoms. The van der Waals surface area contributed by atoms with E-state index in [0.29, 0.717) is 24.7 Å². The van der Waals surface area contributed by atoms with Gasteiger partial charge >= 0.3 is 12.1 Å². The smallest absolute Gasteiger partial charge is 0.410 e. The van der Waals surface area contributed by atoms with Crippen LogP contribution in [0.1, 0.15) is 51.6 Å². The summed E-state index contributed by atoms with van der Waals surface area (Å²) < 4.78 is 18.6. The Morgan fingerprint density at radius 2 is 1.69 bits per heavy atom. The molecule has 0 aromatic heterocycles. The molecule has 2 N–H and O–H groups in total. The molecule has 6 nitrogen and oxygen atoms in total. The second-order valence-corrected chi connectivity index (χ2v) is 9.22. The van der Waals surface area contributed by atoms with Crippen LogP contribution in [0.25, 0.3) is 0 Å². The topological polar surface area (TPSA) is 70.7 Å². The van der Waals surface area contributed by atoms with Crippen molar-refractivity contribution in [2.45, 2.75) is 51.7 Å². The van der Waals surface area contributed by atoms with Crippen LogP contribution < -0.4 is 10.6 Å². The minimum absolute atomic E-state index is 0.172. The lowest BCUT2D eigenvalue weighted by Gasteiger charge is -2.35. The first-order valence-electron chi connectivity index (χ1n) is 11.1. The van der Waals surface area contributed by atoms with Gasteiger partial charge in [-0.1, -0.05) is 30.3 Å². The normalized spacial score (nSPS) is 15.7. The van der Waals surface area contributed by atoms with Crippen LogP contribution >= 0.6 is 0 Å². The summed E-state index contributed by atoms with van der Waals surface area (Å²) in [5, 5.41) is 5.82. The van der Waals surface area contributed by atoms with Gasteiger partial charge in [-0.3, -0.25) is 0 Å². The number of urea groups is 1. The van der Waals surface area contributed by atoms with E-state index in [0.717, 1.165) is 24.8 Å². The zero-order chi connectivity index (χ0) is 23.1. The molecule has 172 valence electrons. The summed E-state index contributed by atoms with van der Waals surface area (Å²) in [6.07, 6.45) is 2.20. The number of hydrogen-bond donors (Lipinski definition) is 2. The number of piperidine rings is 1. The summed E-state index contributed by atoms with van der Waals surface area (Å²) in [4.78, 5) is 26.7. The molecule has 1 atom stereocenters. The maximum Gasteiger partial charge on any atom is 0.410 e. The number of halogens is 1. The van der Waals surface area contributed by atoms with Gasteiger partial charge in [-0.05, 0) is 75.8 Å². The number of carbonyl (C=O) groups is 2. The SMILES string of the molecule is CC(C)(C)OC(=O)N1CCC(CC(NC(=O)Nc2ccc(F)cc2)c2ccccc2)CC1. The van der Waals surface area contributed by atoms with Crippen LogP contribution in [0.15, 0.2) is 54.6 Å². The lowest BCUT2D eigenvalue weighted by molar-refractivity contribution is 0.0178. The highest BCUT2D eigenvalue weighted by molar-refractivity contribution is 5.89. The summed E-state index contributed by atoms with van der Waals surface area (Å²) in [7, 11) is 0. The summed E-state index contributed by atoms with van der Waals surface area (Å²) in [5.41, 5.74) is 1.05. The Labute approximate surface area is 189 Å². The van der Waals surface area contributed by atoms with Crippen LogP contribution in [0.3, 0.4) is 0 Å². The van der Waals surface area contributed by atoms with Gasteiger partial charge < -0.3 is 20.3 Å². The molecule has 1 saturated heterocycles. The largest absolute Gasteiger partial charge is 0.444 e. The molecule has 1 heterocycles. The summed E-state index contributed by atoms with van der Waals surface area (Å²) in [6, 6.07) is 15.0. The van der Waals surface area contributed by atoms with E-state index in [4.69, 9.17) is 4.74 Å². The molecule has 3 rings (SSSR count). The van der Waals surface area contributed by atoms with Gasteiger partial charge in [-0.2, -0.15) is 0 Å². The molecular formula is C25H32FN3O3. The van der Waals surface area contributed by atoms with Gasteiger partial charge in [0.05, 0.1) is 6.04 Å². The summed E-state index contributed by atoms with van der Waals surface area (Å²) in [5.74, 6) is 0.0147. The quantitative estimate of drug-likeness (QED) is 0.623. The highest BCUT2D eigenvalue weighted by atomic mass is 19.1. The van der Waals surface area contributed by atoms with E-state index in [1.165, 1.54) is 24.3 Å². The Morgan fingerprint density at radius 3 is 2.28 bits per heavy atom. The van der Waals surface area contributed by atoms with E-state index in [1.807, 2.05) is 51.1 Å². The molecule has 2 aromatic carbocycles. The third-order valence-corrected chi connectivity index (χ3v) is 5.44. The zero-order valence-electron chi connectivity index (χ0n) is 18.9. The van der Waals surface area contributed by atoms with E-state index >= 15 is 0 Å². The van der Waals surface area contributed by atoms with E-state index in [2.05, 4.69) is 10.6 Å². The number of amides is 3. The summed E-state index contributed by atoms with van der Waals surface area (Å²) in [6.45, 7) is 6.88. The maximum atomic E-state index is 13.1. The average molecular weight is 442 g/mol. The van der Waals surface area contributed by atoms with Crippen LogP contribution in [0.2, 0.25) is 0 Å². The molecule has 32 heavy (non-hydrogen) atoms. The van der Waals surface area contributed by atoms with Gasteiger partial charge in [-0.25, -0.2) is 14.0 Å². The van der Waals surface area contributed by atoms with Crippen molar-refractivity contribution in [1.82, 2.24) is 10.2 Å². The monoisotopic (exact) mass is 441 g/mol. The molecule has 0 spiro atoms. The second-order valence-electron chi connectivity index (χ2n) is 9.22. The fraction of sp³-hybridized carbons (Fsp3) is 0.440. The lowest BCUT2D eigenvalue weighted by Crippen LogP contribution is -2.42. The summed E-state index contributed by atoms with van der Waals surface area (Å²) >= 11 is 0. The van der Waals surface area contributed by atoms with Crippen molar-refractivity contribution in [3.8, 4) is 0 Å². The molecule has 1 aliphatic rings. The van der Waals surface area contributed by atoms with Crippen molar-refractivity contribution in [1.29, 1.82) is 0 Å². The van der Waals surface area contributed by atoms with Crippen molar-refractivity contribution in [2.75, 3.05) is 18.4 Å². The third-order valence-electron chi connectivity index (χ3n) is 5.44. The highest BCUT2D eigenvalue weighted by Gasteiger charge is 2.29. The Balaban J connectivity index is 1.59. The van der Waals surface area contributed by atoms with Crippen LogP contribution in [-0.2, 0) is 4.74 Å². The number of rotatable bonds is 5. The second kappa shape index (κ2) is 10.5. The fourth-order valence-corrected chi connectivity index (χ4v) is 3.83. The highest BCUT2D eigenvalue weighted by Crippen LogP contribution is 2.29. The van der Waals surface area contributed by atoms with Gasteiger partial charge in [-0.15, -0.1) is 0 Å².